The maximum absolute atomic E-state index is 6.04. The molecular weight excluding hydrogens is 358 g/mol. The van der Waals surface area contributed by atoms with Crippen molar-refractivity contribution in [1.82, 2.24) is 4.57 Å². The molecule has 0 bridgehead atoms. The van der Waals surface area contributed by atoms with Gasteiger partial charge in [-0.15, -0.1) is 0 Å². The van der Waals surface area contributed by atoms with Gasteiger partial charge in [0.1, 0.15) is 0 Å². The van der Waals surface area contributed by atoms with E-state index in [2.05, 4.69) is 77.8 Å². The summed E-state index contributed by atoms with van der Waals surface area (Å²) in [6.07, 6.45) is 0. The van der Waals surface area contributed by atoms with E-state index >= 15 is 0 Å². The molecule has 2 aromatic carbocycles. The molecule has 1 heterocycles. The standard InChI is InChI=1S/C19H17BrClN/c1-12-13(2)22(3)19(14-7-9-17(21)10-8-14)18(12)15-5-4-6-16(20)11-15/h4-11H,1-3H3. The van der Waals surface area contributed by atoms with Gasteiger partial charge in [0.05, 0.1) is 5.69 Å². The second-order valence-electron chi connectivity index (χ2n) is 5.51. The first-order chi connectivity index (χ1) is 10.5. The first-order valence-corrected chi connectivity index (χ1v) is 8.34. The van der Waals surface area contributed by atoms with Gasteiger partial charge in [0.15, 0.2) is 0 Å². The Morgan fingerprint density at radius 3 is 2.27 bits per heavy atom. The van der Waals surface area contributed by atoms with Crippen molar-refractivity contribution in [2.24, 2.45) is 7.05 Å². The SMILES string of the molecule is Cc1c(-c2cccc(Br)c2)c(-c2ccc(Cl)cc2)n(C)c1C. The fraction of sp³-hybridized carbons (Fsp3) is 0.158. The highest BCUT2D eigenvalue weighted by Crippen LogP contribution is 2.39. The van der Waals surface area contributed by atoms with Crippen molar-refractivity contribution in [1.29, 1.82) is 0 Å². The number of benzene rings is 2. The van der Waals surface area contributed by atoms with Crippen LogP contribution in [0.4, 0.5) is 0 Å². The van der Waals surface area contributed by atoms with Crippen molar-refractivity contribution >= 4 is 27.5 Å². The maximum Gasteiger partial charge on any atom is 0.0562 e. The summed E-state index contributed by atoms with van der Waals surface area (Å²) in [4.78, 5) is 0. The van der Waals surface area contributed by atoms with Crippen molar-refractivity contribution in [3.63, 3.8) is 0 Å². The van der Waals surface area contributed by atoms with Crippen molar-refractivity contribution in [2.75, 3.05) is 0 Å². The van der Waals surface area contributed by atoms with E-state index in [9.17, 15) is 0 Å². The third-order valence-electron chi connectivity index (χ3n) is 4.22. The highest BCUT2D eigenvalue weighted by Gasteiger charge is 2.18. The van der Waals surface area contributed by atoms with Gasteiger partial charge in [-0.3, -0.25) is 0 Å². The second kappa shape index (κ2) is 5.94. The van der Waals surface area contributed by atoms with E-state index < -0.39 is 0 Å². The Morgan fingerprint density at radius 2 is 1.64 bits per heavy atom. The van der Waals surface area contributed by atoms with E-state index in [-0.39, 0.29) is 0 Å². The zero-order chi connectivity index (χ0) is 15.9. The molecule has 0 aliphatic rings. The molecule has 0 fully saturated rings. The lowest BCUT2D eigenvalue weighted by Crippen LogP contribution is -1.94. The van der Waals surface area contributed by atoms with Gasteiger partial charge in [-0.25, -0.2) is 0 Å². The van der Waals surface area contributed by atoms with Gasteiger partial charge in [0.25, 0.3) is 0 Å². The number of aromatic nitrogens is 1. The molecule has 1 aromatic heterocycles. The van der Waals surface area contributed by atoms with Gasteiger partial charge in [-0.1, -0.05) is 51.8 Å². The van der Waals surface area contributed by atoms with Crippen molar-refractivity contribution in [2.45, 2.75) is 13.8 Å². The lowest BCUT2D eigenvalue weighted by Gasteiger charge is -2.10. The first kappa shape index (κ1) is 15.4. The molecule has 112 valence electrons. The predicted octanol–water partition coefficient (Wildman–Crippen LogP) is 6.39. The maximum atomic E-state index is 6.04. The molecule has 0 aliphatic heterocycles. The van der Waals surface area contributed by atoms with E-state index in [0.29, 0.717) is 0 Å². The molecule has 0 saturated carbocycles. The van der Waals surface area contributed by atoms with Crippen LogP contribution in [0.1, 0.15) is 11.3 Å². The van der Waals surface area contributed by atoms with Crippen LogP contribution in [-0.2, 0) is 7.05 Å². The first-order valence-electron chi connectivity index (χ1n) is 7.17. The molecule has 3 rings (SSSR count). The molecule has 0 atom stereocenters. The van der Waals surface area contributed by atoms with Crippen LogP contribution in [0.25, 0.3) is 22.4 Å². The van der Waals surface area contributed by atoms with Crippen LogP contribution in [0.15, 0.2) is 53.0 Å². The van der Waals surface area contributed by atoms with Crippen LogP contribution in [0, 0.1) is 13.8 Å². The molecule has 0 spiro atoms. The smallest absolute Gasteiger partial charge is 0.0562 e. The van der Waals surface area contributed by atoms with E-state index in [1.54, 1.807) is 0 Å². The fourth-order valence-electron chi connectivity index (χ4n) is 2.89. The summed E-state index contributed by atoms with van der Waals surface area (Å²) >= 11 is 9.62. The fourth-order valence-corrected chi connectivity index (χ4v) is 3.41. The molecule has 0 unspecified atom stereocenters. The minimum atomic E-state index is 0.760. The summed E-state index contributed by atoms with van der Waals surface area (Å²) in [7, 11) is 2.12. The Kier molecular flexibility index (Phi) is 4.16. The molecule has 0 N–H and O–H groups in total. The topological polar surface area (TPSA) is 4.93 Å². The van der Waals surface area contributed by atoms with Gasteiger partial charge >= 0.3 is 0 Å². The number of hydrogen-bond acceptors (Lipinski definition) is 0. The number of hydrogen-bond donors (Lipinski definition) is 0. The van der Waals surface area contributed by atoms with Crippen LogP contribution in [0.2, 0.25) is 5.02 Å². The number of halogens is 2. The summed E-state index contributed by atoms with van der Waals surface area (Å²) < 4.78 is 3.35. The van der Waals surface area contributed by atoms with Crippen molar-refractivity contribution in [3.8, 4) is 22.4 Å². The highest BCUT2D eigenvalue weighted by atomic mass is 79.9. The second-order valence-corrected chi connectivity index (χ2v) is 6.86. The molecular formula is C19H17BrClN. The Labute approximate surface area is 144 Å². The van der Waals surface area contributed by atoms with Gasteiger partial charge < -0.3 is 4.57 Å². The van der Waals surface area contributed by atoms with Gasteiger partial charge in [0, 0.05) is 27.8 Å². The van der Waals surface area contributed by atoms with Crippen LogP contribution in [-0.4, -0.2) is 4.57 Å². The highest BCUT2D eigenvalue weighted by molar-refractivity contribution is 9.10. The Morgan fingerprint density at radius 1 is 0.955 bits per heavy atom. The van der Waals surface area contributed by atoms with Crippen LogP contribution >= 0.6 is 27.5 Å². The minimum Gasteiger partial charge on any atom is -0.347 e. The van der Waals surface area contributed by atoms with Gasteiger partial charge in [0.2, 0.25) is 0 Å². The van der Waals surface area contributed by atoms with Crippen molar-refractivity contribution < 1.29 is 0 Å². The molecule has 22 heavy (non-hydrogen) atoms. The molecule has 0 saturated heterocycles. The molecule has 1 nitrogen and oxygen atoms in total. The molecule has 3 heteroatoms. The van der Waals surface area contributed by atoms with Gasteiger partial charge in [-0.2, -0.15) is 0 Å². The quantitative estimate of drug-likeness (QED) is 0.489. The molecule has 0 radical (unpaired) electrons. The number of nitrogens with zero attached hydrogens (tertiary/aromatic N) is 1. The summed E-state index contributed by atoms with van der Waals surface area (Å²) in [5.74, 6) is 0. The number of rotatable bonds is 2. The van der Waals surface area contributed by atoms with Gasteiger partial charge in [-0.05, 0) is 54.8 Å². The monoisotopic (exact) mass is 373 g/mol. The summed E-state index contributed by atoms with van der Waals surface area (Å²) in [5, 5.41) is 0.760. The molecule has 0 aliphatic carbocycles. The predicted molar refractivity (Wildman–Crippen MR) is 98.5 cm³/mol. The largest absolute Gasteiger partial charge is 0.347 e. The lowest BCUT2D eigenvalue weighted by atomic mass is 9.98. The third-order valence-corrected chi connectivity index (χ3v) is 4.97. The van der Waals surface area contributed by atoms with E-state index in [1.807, 2.05) is 12.1 Å². The van der Waals surface area contributed by atoms with E-state index in [0.717, 1.165) is 9.50 Å². The van der Waals surface area contributed by atoms with E-state index in [1.165, 1.54) is 33.6 Å². The third kappa shape index (κ3) is 2.62. The minimum absolute atomic E-state index is 0.760. The average Bonchev–Trinajstić information content (AvgIpc) is 2.72. The summed E-state index contributed by atoms with van der Waals surface area (Å²) in [6.45, 7) is 4.35. The normalized spacial score (nSPS) is 11.0. The average molecular weight is 375 g/mol. The zero-order valence-electron chi connectivity index (χ0n) is 12.8. The Balaban J connectivity index is 2.30. The molecule has 3 aromatic rings. The van der Waals surface area contributed by atoms with Crippen LogP contribution in [0.3, 0.4) is 0 Å². The van der Waals surface area contributed by atoms with Crippen molar-refractivity contribution in [3.05, 3.63) is 69.3 Å². The summed E-state index contributed by atoms with van der Waals surface area (Å²) in [6, 6.07) is 16.5. The Hall–Kier alpha value is -1.51. The zero-order valence-corrected chi connectivity index (χ0v) is 15.2. The lowest BCUT2D eigenvalue weighted by molar-refractivity contribution is 0.885. The van der Waals surface area contributed by atoms with Crippen LogP contribution in [0.5, 0.6) is 0 Å². The Bertz CT molecular complexity index is 831. The molecule has 0 amide bonds. The van der Waals surface area contributed by atoms with E-state index in [4.69, 9.17) is 11.6 Å². The van der Waals surface area contributed by atoms with Crippen LogP contribution < -0.4 is 0 Å². The summed E-state index contributed by atoms with van der Waals surface area (Å²) in [5.41, 5.74) is 7.50.